The molecule has 3 aromatic rings. The standard InChI is InChI=1S/C14H9ClN4/c1-2-10-3-5-11(6-4-10)7-19-9-18-12-13(15)16-8-17-14(12)19/h1,3-6,8-9H,7H2. The van der Waals surface area contributed by atoms with Crippen LogP contribution in [0.1, 0.15) is 11.1 Å². The summed E-state index contributed by atoms with van der Waals surface area (Å²) in [5, 5.41) is 0.367. The predicted molar refractivity (Wildman–Crippen MR) is 73.8 cm³/mol. The zero-order chi connectivity index (χ0) is 13.2. The van der Waals surface area contributed by atoms with Gasteiger partial charge in [0.2, 0.25) is 0 Å². The first-order valence-electron chi connectivity index (χ1n) is 5.65. The topological polar surface area (TPSA) is 43.6 Å². The zero-order valence-electron chi connectivity index (χ0n) is 9.92. The van der Waals surface area contributed by atoms with Crippen molar-refractivity contribution in [3.05, 3.63) is 53.2 Å². The van der Waals surface area contributed by atoms with E-state index in [4.69, 9.17) is 18.0 Å². The van der Waals surface area contributed by atoms with E-state index in [9.17, 15) is 0 Å². The van der Waals surface area contributed by atoms with Crippen LogP contribution < -0.4 is 0 Å². The summed E-state index contributed by atoms with van der Waals surface area (Å²) in [4.78, 5) is 12.3. The third-order valence-electron chi connectivity index (χ3n) is 2.83. The summed E-state index contributed by atoms with van der Waals surface area (Å²) >= 11 is 5.96. The van der Waals surface area contributed by atoms with Crippen molar-refractivity contribution in [3.63, 3.8) is 0 Å². The van der Waals surface area contributed by atoms with Gasteiger partial charge in [-0.3, -0.25) is 0 Å². The second kappa shape index (κ2) is 4.71. The van der Waals surface area contributed by atoms with Crippen LogP contribution in [-0.4, -0.2) is 19.5 Å². The summed E-state index contributed by atoms with van der Waals surface area (Å²) in [6.07, 6.45) is 8.47. The summed E-state index contributed by atoms with van der Waals surface area (Å²) in [7, 11) is 0. The lowest BCUT2D eigenvalue weighted by molar-refractivity contribution is 0.813. The van der Waals surface area contributed by atoms with Gasteiger partial charge in [0.05, 0.1) is 12.9 Å². The molecule has 0 N–H and O–H groups in total. The number of benzene rings is 1. The second-order valence-electron chi connectivity index (χ2n) is 4.05. The second-order valence-corrected chi connectivity index (χ2v) is 4.41. The van der Waals surface area contributed by atoms with Gasteiger partial charge in [-0.2, -0.15) is 0 Å². The summed E-state index contributed by atoms with van der Waals surface area (Å²) < 4.78 is 1.92. The zero-order valence-corrected chi connectivity index (χ0v) is 10.7. The minimum Gasteiger partial charge on any atom is -0.311 e. The number of fused-ring (bicyclic) bond motifs is 1. The predicted octanol–water partition coefficient (Wildman–Crippen LogP) is 2.51. The normalized spacial score (nSPS) is 10.5. The minimum atomic E-state index is 0.367. The Morgan fingerprint density at radius 3 is 2.68 bits per heavy atom. The van der Waals surface area contributed by atoms with Crippen molar-refractivity contribution >= 4 is 22.8 Å². The summed E-state index contributed by atoms with van der Waals surface area (Å²) in [6, 6.07) is 7.81. The Kier molecular flexibility index (Phi) is 2.90. The molecule has 0 fully saturated rings. The first-order valence-corrected chi connectivity index (χ1v) is 6.02. The fraction of sp³-hybridized carbons (Fsp3) is 0.0714. The Labute approximate surface area is 115 Å². The van der Waals surface area contributed by atoms with E-state index in [2.05, 4.69) is 20.9 Å². The van der Waals surface area contributed by atoms with Crippen LogP contribution in [0.25, 0.3) is 11.2 Å². The van der Waals surface area contributed by atoms with Crippen LogP contribution in [0.15, 0.2) is 36.9 Å². The van der Waals surface area contributed by atoms with Crippen LogP contribution in [-0.2, 0) is 6.54 Å². The highest BCUT2D eigenvalue weighted by Crippen LogP contribution is 2.18. The van der Waals surface area contributed by atoms with Gasteiger partial charge in [0.25, 0.3) is 0 Å². The van der Waals surface area contributed by atoms with Crippen LogP contribution in [0, 0.1) is 12.3 Å². The average Bonchev–Trinajstić information content (AvgIpc) is 2.84. The highest BCUT2D eigenvalue weighted by atomic mass is 35.5. The van der Waals surface area contributed by atoms with Gasteiger partial charge >= 0.3 is 0 Å². The lowest BCUT2D eigenvalue weighted by atomic mass is 10.1. The van der Waals surface area contributed by atoms with Gasteiger partial charge in [-0.1, -0.05) is 29.7 Å². The number of imidazole rings is 1. The minimum absolute atomic E-state index is 0.367. The molecule has 0 unspecified atom stereocenters. The van der Waals surface area contributed by atoms with Gasteiger partial charge < -0.3 is 4.57 Å². The Morgan fingerprint density at radius 2 is 1.95 bits per heavy atom. The molecule has 0 aliphatic heterocycles. The molecule has 5 heteroatoms. The quantitative estimate of drug-likeness (QED) is 0.530. The first kappa shape index (κ1) is 11.7. The number of halogens is 1. The van der Waals surface area contributed by atoms with Crippen molar-refractivity contribution in [1.29, 1.82) is 0 Å². The first-order chi connectivity index (χ1) is 9.28. The Balaban J connectivity index is 1.97. The van der Waals surface area contributed by atoms with E-state index in [0.717, 1.165) is 16.8 Å². The van der Waals surface area contributed by atoms with E-state index in [0.29, 0.717) is 17.2 Å². The van der Waals surface area contributed by atoms with E-state index in [1.165, 1.54) is 6.33 Å². The highest BCUT2D eigenvalue weighted by molar-refractivity contribution is 6.33. The molecule has 3 rings (SSSR count). The number of terminal acetylenes is 1. The number of hydrogen-bond donors (Lipinski definition) is 0. The molecule has 19 heavy (non-hydrogen) atoms. The lowest BCUT2D eigenvalue weighted by Crippen LogP contribution is -1.99. The Morgan fingerprint density at radius 1 is 1.16 bits per heavy atom. The fourth-order valence-corrected chi connectivity index (χ4v) is 2.05. The maximum atomic E-state index is 5.96. The van der Waals surface area contributed by atoms with E-state index in [-0.39, 0.29) is 0 Å². The molecule has 1 aromatic carbocycles. The summed E-state index contributed by atoms with van der Waals surface area (Å²) in [6.45, 7) is 0.661. The number of aromatic nitrogens is 4. The van der Waals surface area contributed by atoms with Gasteiger partial charge in [0, 0.05) is 5.56 Å². The van der Waals surface area contributed by atoms with E-state index < -0.39 is 0 Å². The molecule has 0 atom stereocenters. The molecule has 0 aliphatic rings. The van der Waals surface area contributed by atoms with Crippen molar-refractivity contribution in [3.8, 4) is 12.3 Å². The largest absolute Gasteiger partial charge is 0.311 e. The molecule has 0 bridgehead atoms. The van der Waals surface area contributed by atoms with Crippen molar-refractivity contribution in [2.75, 3.05) is 0 Å². The van der Waals surface area contributed by atoms with Gasteiger partial charge in [0.15, 0.2) is 10.8 Å². The maximum Gasteiger partial charge on any atom is 0.165 e. The van der Waals surface area contributed by atoms with Gasteiger partial charge in [0.1, 0.15) is 11.8 Å². The van der Waals surface area contributed by atoms with Crippen molar-refractivity contribution in [2.45, 2.75) is 6.54 Å². The van der Waals surface area contributed by atoms with Gasteiger partial charge in [-0.15, -0.1) is 6.42 Å². The lowest BCUT2D eigenvalue weighted by Gasteiger charge is -2.04. The molecule has 2 heterocycles. The SMILES string of the molecule is C#Cc1ccc(Cn2cnc3c(Cl)ncnc32)cc1. The van der Waals surface area contributed by atoms with Crippen LogP contribution in [0.4, 0.5) is 0 Å². The Bertz CT molecular complexity index is 768. The number of nitrogens with zero attached hydrogens (tertiary/aromatic N) is 4. The molecule has 0 saturated heterocycles. The van der Waals surface area contributed by atoms with E-state index >= 15 is 0 Å². The molecule has 0 radical (unpaired) electrons. The molecule has 4 nitrogen and oxygen atoms in total. The molecule has 0 spiro atoms. The van der Waals surface area contributed by atoms with E-state index in [1.807, 2.05) is 28.8 Å². The fourth-order valence-electron chi connectivity index (χ4n) is 1.87. The van der Waals surface area contributed by atoms with Gasteiger partial charge in [-0.05, 0) is 17.7 Å². The summed E-state index contributed by atoms with van der Waals surface area (Å²) in [5.74, 6) is 2.59. The van der Waals surface area contributed by atoms with Crippen LogP contribution in [0.5, 0.6) is 0 Å². The smallest absolute Gasteiger partial charge is 0.165 e. The summed E-state index contributed by atoms with van der Waals surface area (Å²) in [5.41, 5.74) is 3.32. The van der Waals surface area contributed by atoms with Crippen molar-refractivity contribution in [2.24, 2.45) is 0 Å². The molecular weight excluding hydrogens is 260 g/mol. The van der Waals surface area contributed by atoms with Crippen LogP contribution in [0.2, 0.25) is 5.15 Å². The number of hydrogen-bond acceptors (Lipinski definition) is 3. The molecule has 0 amide bonds. The van der Waals surface area contributed by atoms with Crippen LogP contribution in [0.3, 0.4) is 0 Å². The molecule has 92 valence electrons. The van der Waals surface area contributed by atoms with E-state index in [1.54, 1.807) is 6.33 Å². The third kappa shape index (κ3) is 2.16. The van der Waals surface area contributed by atoms with Crippen molar-refractivity contribution in [1.82, 2.24) is 19.5 Å². The van der Waals surface area contributed by atoms with Crippen molar-refractivity contribution < 1.29 is 0 Å². The molecular formula is C14H9ClN4. The van der Waals surface area contributed by atoms with Gasteiger partial charge in [-0.25, -0.2) is 15.0 Å². The Hall–Kier alpha value is -2.38. The molecule has 0 aliphatic carbocycles. The van der Waals surface area contributed by atoms with Crippen LogP contribution >= 0.6 is 11.6 Å². The highest BCUT2D eigenvalue weighted by Gasteiger charge is 2.08. The number of rotatable bonds is 2. The maximum absolute atomic E-state index is 5.96. The molecule has 2 aromatic heterocycles. The third-order valence-corrected chi connectivity index (χ3v) is 3.11. The molecule has 0 saturated carbocycles. The monoisotopic (exact) mass is 268 g/mol. The average molecular weight is 269 g/mol.